The number of hydrogen-bond acceptors (Lipinski definition) is 5. The first-order valence-electron chi connectivity index (χ1n) is 11.3. The van der Waals surface area contributed by atoms with Gasteiger partial charge in [-0.2, -0.15) is 0 Å². The van der Waals surface area contributed by atoms with Crippen LogP contribution in [0.3, 0.4) is 0 Å². The van der Waals surface area contributed by atoms with Crippen LogP contribution in [0, 0.1) is 0 Å². The van der Waals surface area contributed by atoms with Gasteiger partial charge in [0.1, 0.15) is 19.2 Å². The fraction of sp³-hybridized carbons (Fsp3) is 0.179. The van der Waals surface area contributed by atoms with Crippen LogP contribution in [0.2, 0.25) is 0 Å². The van der Waals surface area contributed by atoms with E-state index in [2.05, 4.69) is 16.7 Å². The van der Waals surface area contributed by atoms with E-state index >= 15 is 0 Å². The van der Waals surface area contributed by atoms with E-state index in [0.29, 0.717) is 0 Å². The number of hydrogen-bond donors (Lipinski definition) is 2. The van der Waals surface area contributed by atoms with Gasteiger partial charge in [-0.3, -0.25) is 4.79 Å². The molecule has 7 heteroatoms. The standard InChI is InChI=1S/C28H26N2O5/c1-34-27(32)25(30-26(31)17-29-28(33)35-18-19-9-3-2-4-10-19)16-24-22-13-7-5-11-20(22)15-21-12-6-8-14-23(21)24/h2-15,25H,16-18H2,1H3,(H,29,33)(H,30,31)/t25-/m0/s1. The van der Waals surface area contributed by atoms with Crippen molar-refractivity contribution < 1.29 is 23.9 Å². The summed E-state index contributed by atoms with van der Waals surface area (Å²) in [6, 6.07) is 26.2. The van der Waals surface area contributed by atoms with Gasteiger partial charge in [-0.05, 0) is 38.7 Å². The zero-order valence-electron chi connectivity index (χ0n) is 19.3. The molecule has 0 aliphatic rings. The third kappa shape index (κ3) is 5.95. The zero-order valence-corrected chi connectivity index (χ0v) is 19.3. The molecule has 0 bridgehead atoms. The number of rotatable bonds is 8. The molecule has 4 rings (SSSR count). The monoisotopic (exact) mass is 470 g/mol. The average molecular weight is 471 g/mol. The summed E-state index contributed by atoms with van der Waals surface area (Å²) < 4.78 is 10.1. The van der Waals surface area contributed by atoms with Gasteiger partial charge in [0.2, 0.25) is 5.91 Å². The molecule has 4 aromatic carbocycles. The minimum absolute atomic E-state index is 0.0905. The fourth-order valence-corrected chi connectivity index (χ4v) is 4.04. The Bertz CT molecular complexity index is 1300. The van der Waals surface area contributed by atoms with Crippen LogP contribution in [-0.4, -0.2) is 37.7 Å². The van der Waals surface area contributed by atoms with E-state index in [1.807, 2.05) is 78.9 Å². The Hall–Kier alpha value is -4.39. The van der Waals surface area contributed by atoms with Gasteiger partial charge in [-0.15, -0.1) is 0 Å². The van der Waals surface area contributed by atoms with Crippen molar-refractivity contribution in [3.63, 3.8) is 0 Å². The predicted molar refractivity (Wildman–Crippen MR) is 134 cm³/mol. The van der Waals surface area contributed by atoms with Gasteiger partial charge in [0.25, 0.3) is 0 Å². The lowest BCUT2D eigenvalue weighted by Gasteiger charge is -2.19. The SMILES string of the molecule is COC(=O)[C@H](Cc1c2ccccc2cc2ccccc12)NC(=O)CNC(=O)OCc1ccccc1. The summed E-state index contributed by atoms with van der Waals surface area (Å²) in [5.41, 5.74) is 1.77. The molecule has 0 unspecified atom stereocenters. The van der Waals surface area contributed by atoms with Gasteiger partial charge in [-0.25, -0.2) is 9.59 Å². The van der Waals surface area contributed by atoms with Crippen LogP contribution in [0.25, 0.3) is 21.5 Å². The van der Waals surface area contributed by atoms with Crippen LogP contribution < -0.4 is 10.6 Å². The molecule has 0 heterocycles. The second kappa shape index (κ2) is 11.2. The predicted octanol–water partition coefficient (Wildman–Crippen LogP) is 4.12. The number of carbonyl (C=O) groups excluding carboxylic acids is 3. The molecule has 0 saturated heterocycles. The normalized spacial score (nSPS) is 11.6. The van der Waals surface area contributed by atoms with Crippen LogP contribution in [0.4, 0.5) is 4.79 Å². The van der Waals surface area contributed by atoms with Crippen molar-refractivity contribution >= 4 is 39.5 Å². The smallest absolute Gasteiger partial charge is 0.407 e. The van der Waals surface area contributed by atoms with Crippen LogP contribution in [0.5, 0.6) is 0 Å². The number of benzene rings is 4. The van der Waals surface area contributed by atoms with E-state index in [9.17, 15) is 14.4 Å². The molecule has 0 aliphatic heterocycles. The third-order valence-corrected chi connectivity index (χ3v) is 5.72. The Morgan fingerprint density at radius 3 is 2.06 bits per heavy atom. The minimum atomic E-state index is -0.927. The minimum Gasteiger partial charge on any atom is -0.467 e. The Balaban J connectivity index is 1.45. The number of fused-ring (bicyclic) bond motifs is 2. The Morgan fingerprint density at radius 2 is 1.43 bits per heavy atom. The number of methoxy groups -OCH3 is 1. The van der Waals surface area contributed by atoms with Gasteiger partial charge in [0.15, 0.2) is 0 Å². The van der Waals surface area contributed by atoms with Crippen molar-refractivity contribution in [1.29, 1.82) is 0 Å². The molecule has 0 fully saturated rings. The highest BCUT2D eigenvalue weighted by atomic mass is 16.5. The lowest BCUT2D eigenvalue weighted by Crippen LogP contribution is -2.47. The van der Waals surface area contributed by atoms with E-state index < -0.39 is 24.0 Å². The zero-order chi connectivity index (χ0) is 24.6. The van der Waals surface area contributed by atoms with Crippen molar-refractivity contribution in [3.05, 3.63) is 96.1 Å². The van der Waals surface area contributed by atoms with Gasteiger partial charge in [-0.1, -0.05) is 78.9 Å². The second-order valence-corrected chi connectivity index (χ2v) is 8.06. The fourth-order valence-electron chi connectivity index (χ4n) is 4.04. The Morgan fingerprint density at radius 1 is 0.829 bits per heavy atom. The summed E-state index contributed by atoms with van der Waals surface area (Å²) in [5.74, 6) is -1.09. The quantitative estimate of drug-likeness (QED) is 0.299. The number of carbonyl (C=O) groups is 3. The van der Waals surface area contributed by atoms with Crippen LogP contribution in [-0.2, 0) is 32.1 Å². The summed E-state index contributed by atoms with van der Waals surface area (Å²) in [6.45, 7) is -0.245. The molecule has 4 aromatic rings. The molecule has 0 saturated carbocycles. The molecule has 35 heavy (non-hydrogen) atoms. The maximum absolute atomic E-state index is 12.6. The first kappa shape index (κ1) is 23.8. The van der Waals surface area contributed by atoms with Crippen molar-refractivity contribution in [3.8, 4) is 0 Å². The highest BCUT2D eigenvalue weighted by Gasteiger charge is 2.24. The lowest BCUT2D eigenvalue weighted by molar-refractivity contribution is -0.144. The first-order valence-corrected chi connectivity index (χ1v) is 11.3. The molecule has 178 valence electrons. The van der Waals surface area contributed by atoms with E-state index in [-0.39, 0.29) is 19.6 Å². The van der Waals surface area contributed by atoms with Crippen LogP contribution >= 0.6 is 0 Å². The summed E-state index contributed by atoms with van der Waals surface area (Å²) in [5, 5.41) is 9.18. The molecule has 0 aromatic heterocycles. The van der Waals surface area contributed by atoms with Crippen molar-refractivity contribution in [1.82, 2.24) is 10.6 Å². The van der Waals surface area contributed by atoms with Gasteiger partial charge in [0, 0.05) is 6.42 Å². The van der Waals surface area contributed by atoms with Gasteiger partial charge < -0.3 is 20.1 Å². The van der Waals surface area contributed by atoms with E-state index in [4.69, 9.17) is 9.47 Å². The third-order valence-electron chi connectivity index (χ3n) is 5.72. The molecule has 7 nitrogen and oxygen atoms in total. The maximum atomic E-state index is 12.6. The Labute approximate surface area is 203 Å². The van der Waals surface area contributed by atoms with Gasteiger partial charge in [0.05, 0.1) is 7.11 Å². The van der Waals surface area contributed by atoms with Crippen LogP contribution in [0.1, 0.15) is 11.1 Å². The number of alkyl carbamates (subject to hydrolysis) is 1. The van der Waals surface area contributed by atoms with Crippen molar-refractivity contribution in [2.45, 2.75) is 19.1 Å². The van der Waals surface area contributed by atoms with E-state index in [1.54, 1.807) is 0 Å². The molecule has 2 amide bonds. The molecule has 0 spiro atoms. The number of amides is 2. The largest absolute Gasteiger partial charge is 0.467 e. The molecule has 0 aliphatic carbocycles. The number of esters is 1. The lowest BCUT2D eigenvalue weighted by atomic mass is 9.92. The first-order chi connectivity index (χ1) is 17.0. The highest BCUT2D eigenvalue weighted by Crippen LogP contribution is 2.29. The summed E-state index contributed by atoms with van der Waals surface area (Å²) >= 11 is 0. The number of ether oxygens (including phenoxy) is 2. The average Bonchev–Trinajstić information content (AvgIpc) is 2.90. The summed E-state index contributed by atoms with van der Waals surface area (Å²) in [7, 11) is 1.28. The van der Waals surface area contributed by atoms with Gasteiger partial charge >= 0.3 is 12.1 Å². The molecular weight excluding hydrogens is 444 g/mol. The van der Waals surface area contributed by atoms with E-state index in [1.165, 1.54) is 7.11 Å². The number of nitrogens with one attached hydrogen (secondary N) is 2. The molecule has 0 radical (unpaired) electrons. The molecule has 1 atom stereocenters. The summed E-state index contributed by atoms with van der Waals surface area (Å²) in [4.78, 5) is 37.1. The summed E-state index contributed by atoms with van der Waals surface area (Å²) in [6.07, 6.45) is -0.489. The highest BCUT2D eigenvalue weighted by molar-refractivity contribution is 6.02. The van der Waals surface area contributed by atoms with Crippen molar-refractivity contribution in [2.75, 3.05) is 13.7 Å². The molecular formula is C28H26N2O5. The van der Waals surface area contributed by atoms with Crippen LogP contribution in [0.15, 0.2) is 84.9 Å². The maximum Gasteiger partial charge on any atom is 0.407 e. The second-order valence-electron chi connectivity index (χ2n) is 8.06. The molecule has 2 N–H and O–H groups in total. The topological polar surface area (TPSA) is 93.7 Å². The van der Waals surface area contributed by atoms with E-state index in [0.717, 1.165) is 32.7 Å². The Kier molecular flexibility index (Phi) is 7.57. The van der Waals surface area contributed by atoms with Crippen molar-refractivity contribution in [2.24, 2.45) is 0 Å².